The number of carbonyl (C=O) groups excluding carboxylic acids is 1. The van der Waals surface area contributed by atoms with Crippen LogP contribution >= 0.6 is 0 Å². The highest BCUT2D eigenvalue weighted by Crippen LogP contribution is 2.23. The largest absolute Gasteiger partial charge is 0.339 e. The van der Waals surface area contributed by atoms with E-state index in [2.05, 4.69) is 5.32 Å². The molecular weight excluding hydrogens is 238 g/mol. The molecule has 0 aliphatic carbocycles. The number of carbonyl (C=O) groups is 1. The van der Waals surface area contributed by atoms with Gasteiger partial charge in [-0.1, -0.05) is 18.2 Å². The molecule has 1 aliphatic rings. The van der Waals surface area contributed by atoms with Crippen molar-refractivity contribution in [1.82, 2.24) is 10.2 Å². The molecule has 0 radical (unpaired) electrons. The van der Waals surface area contributed by atoms with Gasteiger partial charge in [-0.05, 0) is 12.6 Å². The third kappa shape index (κ3) is 2.51. The number of nitrogens with one attached hydrogen (secondary N) is 1. The van der Waals surface area contributed by atoms with Crippen molar-refractivity contribution in [2.45, 2.75) is 18.6 Å². The molecular formula is C13H16F2N2O. The Bertz CT molecular complexity index is 444. The second kappa shape index (κ2) is 5.02. The molecule has 1 fully saturated rings. The van der Waals surface area contributed by atoms with Crippen LogP contribution in [-0.4, -0.2) is 36.6 Å². The minimum absolute atomic E-state index is 0.0352. The van der Waals surface area contributed by atoms with Crippen molar-refractivity contribution in [3.05, 3.63) is 35.6 Å². The summed E-state index contributed by atoms with van der Waals surface area (Å²) in [5, 5.41) is 2.83. The molecule has 98 valence electrons. The van der Waals surface area contributed by atoms with Gasteiger partial charge in [-0.25, -0.2) is 8.78 Å². The van der Waals surface area contributed by atoms with Crippen LogP contribution in [0.25, 0.3) is 0 Å². The van der Waals surface area contributed by atoms with E-state index in [1.807, 2.05) is 0 Å². The Labute approximate surface area is 105 Å². The number of hydrogen-bond donors (Lipinski definition) is 1. The van der Waals surface area contributed by atoms with E-state index in [4.69, 9.17) is 0 Å². The summed E-state index contributed by atoms with van der Waals surface area (Å²) < 4.78 is 27.7. The van der Waals surface area contributed by atoms with Crippen molar-refractivity contribution in [2.24, 2.45) is 0 Å². The van der Waals surface area contributed by atoms with E-state index in [-0.39, 0.29) is 25.3 Å². The molecule has 0 spiro atoms. The molecule has 18 heavy (non-hydrogen) atoms. The van der Waals surface area contributed by atoms with Crippen molar-refractivity contribution >= 4 is 5.91 Å². The molecule has 5 heteroatoms. The van der Waals surface area contributed by atoms with Crippen LogP contribution < -0.4 is 5.32 Å². The Morgan fingerprint density at radius 3 is 2.83 bits per heavy atom. The molecule has 3 nitrogen and oxygen atoms in total. The molecule has 1 aromatic carbocycles. The van der Waals surface area contributed by atoms with Crippen LogP contribution in [0.15, 0.2) is 24.3 Å². The summed E-state index contributed by atoms with van der Waals surface area (Å²) >= 11 is 0. The van der Waals surface area contributed by atoms with Crippen molar-refractivity contribution in [3.63, 3.8) is 0 Å². The maximum Gasteiger partial charge on any atom is 0.261 e. The SMILES string of the molecule is CN(Cc1ccccc1F)C(=O)[C@@]1(F)CCNC1. The van der Waals surface area contributed by atoms with Crippen molar-refractivity contribution in [1.29, 1.82) is 0 Å². The lowest BCUT2D eigenvalue weighted by Crippen LogP contribution is -2.45. The minimum atomic E-state index is -1.85. The molecule has 1 aromatic rings. The fraction of sp³-hybridized carbons (Fsp3) is 0.462. The summed E-state index contributed by atoms with van der Waals surface area (Å²) in [5.74, 6) is -0.967. The highest BCUT2D eigenvalue weighted by molar-refractivity contribution is 5.85. The fourth-order valence-electron chi connectivity index (χ4n) is 2.14. The molecule has 0 bridgehead atoms. The molecule has 0 saturated carbocycles. The zero-order chi connectivity index (χ0) is 13.2. The quantitative estimate of drug-likeness (QED) is 0.886. The first-order chi connectivity index (χ1) is 8.53. The van der Waals surface area contributed by atoms with Crippen LogP contribution in [0.3, 0.4) is 0 Å². The van der Waals surface area contributed by atoms with Crippen LogP contribution in [0.1, 0.15) is 12.0 Å². The predicted molar refractivity (Wildman–Crippen MR) is 64.2 cm³/mol. The van der Waals surface area contributed by atoms with Gasteiger partial charge < -0.3 is 10.2 Å². The van der Waals surface area contributed by atoms with Gasteiger partial charge in [0.15, 0.2) is 0 Å². The van der Waals surface area contributed by atoms with E-state index in [9.17, 15) is 13.6 Å². The van der Waals surface area contributed by atoms with Gasteiger partial charge in [-0.3, -0.25) is 4.79 Å². The Morgan fingerprint density at radius 1 is 1.50 bits per heavy atom. The second-order valence-corrected chi connectivity index (χ2v) is 4.64. The molecule has 1 N–H and O–H groups in total. The Morgan fingerprint density at radius 2 is 2.22 bits per heavy atom. The average molecular weight is 254 g/mol. The molecule has 1 aliphatic heterocycles. The van der Waals surface area contributed by atoms with E-state index in [1.54, 1.807) is 18.2 Å². The van der Waals surface area contributed by atoms with E-state index in [0.29, 0.717) is 12.1 Å². The van der Waals surface area contributed by atoms with E-state index >= 15 is 0 Å². The van der Waals surface area contributed by atoms with Crippen LogP contribution in [0.2, 0.25) is 0 Å². The van der Waals surface area contributed by atoms with E-state index < -0.39 is 11.6 Å². The number of hydrogen-bond acceptors (Lipinski definition) is 2. The number of amides is 1. The van der Waals surface area contributed by atoms with Crippen LogP contribution in [0.4, 0.5) is 8.78 Å². The third-order valence-corrected chi connectivity index (χ3v) is 3.20. The molecule has 1 heterocycles. The fourth-order valence-corrected chi connectivity index (χ4v) is 2.14. The first kappa shape index (κ1) is 13.0. The highest BCUT2D eigenvalue weighted by atomic mass is 19.1. The zero-order valence-electron chi connectivity index (χ0n) is 10.2. The Hall–Kier alpha value is -1.49. The van der Waals surface area contributed by atoms with Gasteiger partial charge in [0.25, 0.3) is 5.91 Å². The van der Waals surface area contributed by atoms with Crippen LogP contribution in [-0.2, 0) is 11.3 Å². The summed E-state index contributed by atoms with van der Waals surface area (Å²) in [6, 6.07) is 6.20. The van der Waals surface area contributed by atoms with Crippen LogP contribution in [0.5, 0.6) is 0 Å². The Balaban J connectivity index is 2.06. The lowest BCUT2D eigenvalue weighted by Gasteiger charge is -2.25. The van der Waals surface area contributed by atoms with Gasteiger partial charge in [0.2, 0.25) is 5.67 Å². The molecule has 2 rings (SSSR count). The van der Waals surface area contributed by atoms with Crippen molar-refractivity contribution in [2.75, 3.05) is 20.1 Å². The number of benzene rings is 1. The van der Waals surface area contributed by atoms with E-state index in [0.717, 1.165) is 0 Å². The molecule has 0 aromatic heterocycles. The van der Waals surface area contributed by atoms with Crippen molar-refractivity contribution in [3.8, 4) is 0 Å². The standard InChI is InChI=1S/C13H16F2N2O/c1-17(8-10-4-2-3-5-11(10)14)12(18)13(15)6-7-16-9-13/h2-5,16H,6-9H2,1H3/t13-/m1/s1. The van der Waals surface area contributed by atoms with E-state index in [1.165, 1.54) is 18.0 Å². The van der Waals surface area contributed by atoms with Gasteiger partial charge in [-0.2, -0.15) is 0 Å². The molecule has 1 saturated heterocycles. The molecule has 0 unspecified atom stereocenters. The monoisotopic (exact) mass is 254 g/mol. The smallest absolute Gasteiger partial charge is 0.261 e. The van der Waals surface area contributed by atoms with Crippen LogP contribution in [0, 0.1) is 5.82 Å². The lowest BCUT2D eigenvalue weighted by molar-refractivity contribution is -0.142. The third-order valence-electron chi connectivity index (χ3n) is 3.20. The maximum absolute atomic E-state index is 14.2. The average Bonchev–Trinajstić information content (AvgIpc) is 2.79. The van der Waals surface area contributed by atoms with Gasteiger partial charge in [0.05, 0.1) is 0 Å². The number of rotatable bonds is 3. The van der Waals surface area contributed by atoms with Gasteiger partial charge in [0.1, 0.15) is 5.82 Å². The minimum Gasteiger partial charge on any atom is -0.339 e. The topological polar surface area (TPSA) is 32.3 Å². The highest BCUT2D eigenvalue weighted by Gasteiger charge is 2.43. The first-order valence-corrected chi connectivity index (χ1v) is 5.91. The number of nitrogens with zero attached hydrogens (tertiary/aromatic N) is 1. The summed E-state index contributed by atoms with van der Waals surface area (Å²) in [4.78, 5) is 13.2. The molecule has 1 atom stereocenters. The van der Waals surface area contributed by atoms with Crippen molar-refractivity contribution < 1.29 is 13.6 Å². The first-order valence-electron chi connectivity index (χ1n) is 5.91. The second-order valence-electron chi connectivity index (χ2n) is 4.64. The summed E-state index contributed by atoms with van der Waals surface area (Å²) in [7, 11) is 1.49. The number of alkyl halides is 1. The normalized spacial score (nSPS) is 23.1. The van der Waals surface area contributed by atoms with Gasteiger partial charge in [0, 0.05) is 32.1 Å². The van der Waals surface area contributed by atoms with Gasteiger partial charge in [-0.15, -0.1) is 0 Å². The maximum atomic E-state index is 14.2. The zero-order valence-corrected chi connectivity index (χ0v) is 10.2. The summed E-state index contributed by atoms with van der Waals surface area (Å²) in [6.45, 7) is 0.612. The Kier molecular flexibility index (Phi) is 3.61. The summed E-state index contributed by atoms with van der Waals surface area (Å²) in [6.07, 6.45) is 0.174. The summed E-state index contributed by atoms with van der Waals surface area (Å²) in [5.41, 5.74) is -1.46. The predicted octanol–water partition coefficient (Wildman–Crippen LogP) is 1.49. The lowest BCUT2D eigenvalue weighted by atomic mass is 10.0. The van der Waals surface area contributed by atoms with Gasteiger partial charge >= 0.3 is 0 Å². The number of halogens is 2. The molecule has 1 amide bonds.